The van der Waals surface area contributed by atoms with Gasteiger partial charge in [0.2, 0.25) is 0 Å². The standard InChI is InChI=1S/C40H78O4S2/c1-3-5-7-9-11-13-15-17-19-21-23-25-27-29-31-33-35-43-39(41)37-45-46-38-40(42)44-36-34-32-30-28-26-24-22-20-18-16-14-12-10-8-6-4-2/h3-38H2,1-2H3. The highest BCUT2D eigenvalue weighted by Gasteiger charge is 2.07. The lowest BCUT2D eigenvalue weighted by Crippen LogP contribution is -2.10. The molecule has 0 aliphatic rings. The van der Waals surface area contributed by atoms with E-state index in [0.29, 0.717) is 13.2 Å². The Balaban J connectivity index is 3.25. The monoisotopic (exact) mass is 687 g/mol. The van der Waals surface area contributed by atoms with Gasteiger partial charge in [0.15, 0.2) is 0 Å². The Morgan fingerprint density at radius 1 is 0.326 bits per heavy atom. The zero-order chi connectivity index (χ0) is 33.4. The van der Waals surface area contributed by atoms with E-state index in [4.69, 9.17) is 9.47 Å². The Morgan fingerprint density at radius 3 is 0.739 bits per heavy atom. The Labute approximate surface area is 295 Å². The number of hydrogen-bond donors (Lipinski definition) is 0. The molecule has 0 saturated carbocycles. The summed E-state index contributed by atoms with van der Waals surface area (Å²) in [6, 6.07) is 0. The molecule has 0 aromatic rings. The van der Waals surface area contributed by atoms with Gasteiger partial charge in [0.05, 0.1) is 13.2 Å². The largest absolute Gasteiger partial charge is 0.465 e. The van der Waals surface area contributed by atoms with Gasteiger partial charge >= 0.3 is 11.9 Å². The molecule has 0 aromatic heterocycles. The van der Waals surface area contributed by atoms with Crippen molar-refractivity contribution in [2.45, 2.75) is 219 Å². The molecule has 0 aromatic carbocycles. The zero-order valence-electron chi connectivity index (χ0n) is 30.9. The Kier molecular flexibility index (Phi) is 40.5. The van der Waals surface area contributed by atoms with E-state index < -0.39 is 0 Å². The first-order chi connectivity index (χ1) is 22.7. The van der Waals surface area contributed by atoms with Crippen molar-refractivity contribution in [1.82, 2.24) is 0 Å². The fourth-order valence-corrected chi connectivity index (χ4v) is 7.54. The molecule has 0 unspecified atom stereocenters. The topological polar surface area (TPSA) is 52.6 Å². The van der Waals surface area contributed by atoms with Gasteiger partial charge in [0.25, 0.3) is 0 Å². The quantitative estimate of drug-likeness (QED) is 0.0364. The van der Waals surface area contributed by atoms with Crippen LogP contribution in [0.1, 0.15) is 219 Å². The summed E-state index contributed by atoms with van der Waals surface area (Å²) in [7, 11) is 2.77. The molecule has 0 heterocycles. The average molecular weight is 687 g/mol. The lowest BCUT2D eigenvalue weighted by Gasteiger charge is -2.06. The van der Waals surface area contributed by atoms with Crippen LogP contribution in [0, 0.1) is 0 Å². The molecule has 274 valence electrons. The molecule has 6 heteroatoms. The normalized spacial score (nSPS) is 11.3. The highest BCUT2D eigenvalue weighted by Crippen LogP contribution is 2.21. The zero-order valence-corrected chi connectivity index (χ0v) is 32.5. The van der Waals surface area contributed by atoms with Crippen LogP contribution in [0.15, 0.2) is 0 Å². The van der Waals surface area contributed by atoms with Gasteiger partial charge in [-0.25, -0.2) is 0 Å². The SMILES string of the molecule is CCCCCCCCCCCCCCCCCCOC(=O)CSSCC(=O)OCCCCCCCCCCCCCCCCCC. The predicted molar refractivity (Wildman–Crippen MR) is 206 cm³/mol. The van der Waals surface area contributed by atoms with Gasteiger partial charge in [-0.05, 0) is 12.8 Å². The summed E-state index contributed by atoms with van der Waals surface area (Å²) in [5, 5.41) is 0. The summed E-state index contributed by atoms with van der Waals surface area (Å²) in [4.78, 5) is 23.8. The van der Waals surface area contributed by atoms with Crippen LogP contribution in [0.3, 0.4) is 0 Å². The van der Waals surface area contributed by atoms with Gasteiger partial charge in [0, 0.05) is 0 Å². The van der Waals surface area contributed by atoms with Crippen molar-refractivity contribution in [3.05, 3.63) is 0 Å². The Bertz CT molecular complexity index is 564. The summed E-state index contributed by atoms with van der Waals surface area (Å²) in [6.45, 7) is 5.60. The average Bonchev–Trinajstić information content (AvgIpc) is 3.06. The molecule has 0 saturated heterocycles. The summed E-state index contributed by atoms with van der Waals surface area (Å²) < 4.78 is 10.7. The van der Waals surface area contributed by atoms with Gasteiger partial charge in [-0.2, -0.15) is 0 Å². The lowest BCUT2D eigenvalue weighted by atomic mass is 10.0. The molecular weight excluding hydrogens is 609 g/mol. The summed E-state index contributed by atoms with van der Waals surface area (Å²) in [5.41, 5.74) is 0. The van der Waals surface area contributed by atoms with Crippen molar-refractivity contribution in [2.24, 2.45) is 0 Å². The molecule has 0 aliphatic heterocycles. The fourth-order valence-electron chi connectivity index (χ4n) is 5.94. The van der Waals surface area contributed by atoms with Gasteiger partial charge < -0.3 is 9.47 Å². The third-order valence-corrected chi connectivity index (χ3v) is 11.0. The van der Waals surface area contributed by atoms with Crippen LogP contribution in [-0.2, 0) is 19.1 Å². The second kappa shape index (κ2) is 40.8. The minimum absolute atomic E-state index is 0.181. The van der Waals surface area contributed by atoms with Crippen LogP contribution >= 0.6 is 21.6 Å². The molecule has 0 aliphatic carbocycles. The molecule has 0 N–H and O–H groups in total. The smallest absolute Gasteiger partial charge is 0.316 e. The first kappa shape index (κ1) is 45.6. The minimum atomic E-state index is -0.181. The lowest BCUT2D eigenvalue weighted by molar-refractivity contribution is -0.141. The Hall–Kier alpha value is -0.360. The van der Waals surface area contributed by atoms with Crippen LogP contribution < -0.4 is 0 Å². The van der Waals surface area contributed by atoms with E-state index in [1.54, 1.807) is 0 Å². The third-order valence-electron chi connectivity index (χ3n) is 8.96. The molecule has 0 spiro atoms. The molecule has 0 rings (SSSR count). The summed E-state index contributed by atoms with van der Waals surface area (Å²) in [6.07, 6.45) is 42.9. The highest BCUT2D eigenvalue weighted by molar-refractivity contribution is 8.77. The van der Waals surface area contributed by atoms with E-state index in [1.807, 2.05) is 0 Å². The number of ether oxygens (including phenoxy) is 2. The van der Waals surface area contributed by atoms with Crippen molar-refractivity contribution in [2.75, 3.05) is 24.7 Å². The molecule has 4 nitrogen and oxygen atoms in total. The molecule has 0 atom stereocenters. The highest BCUT2D eigenvalue weighted by atomic mass is 33.1. The van der Waals surface area contributed by atoms with Gasteiger partial charge in [-0.1, -0.05) is 228 Å². The third kappa shape index (κ3) is 39.8. The minimum Gasteiger partial charge on any atom is -0.465 e. The van der Waals surface area contributed by atoms with Gasteiger partial charge in [0.1, 0.15) is 11.5 Å². The number of hydrogen-bond acceptors (Lipinski definition) is 6. The number of esters is 2. The first-order valence-corrected chi connectivity index (χ1v) is 22.7. The maximum atomic E-state index is 11.9. The molecular formula is C40H78O4S2. The fraction of sp³-hybridized carbons (Fsp3) is 0.950. The van der Waals surface area contributed by atoms with E-state index in [0.717, 1.165) is 25.7 Å². The van der Waals surface area contributed by atoms with Gasteiger partial charge in [-0.15, -0.1) is 0 Å². The van der Waals surface area contributed by atoms with E-state index in [2.05, 4.69) is 13.8 Å². The van der Waals surface area contributed by atoms with Crippen molar-refractivity contribution >= 4 is 33.5 Å². The molecule has 0 bridgehead atoms. The maximum Gasteiger partial charge on any atom is 0.316 e. The summed E-state index contributed by atoms with van der Waals surface area (Å²) >= 11 is 0. The molecule has 0 radical (unpaired) electrons. The number of carbonyl (C=O) groups excluding carboxylic acids is 2. The molecule has 46 heavy (non-hydrogen) atoms. The van der Waals surface area contributed by atoms with Crippen LogP contribution in [0.5, 0.6) is 0 Å². The van der Waals surface area contributed by atoms with Gasteiger partial charge in [-0.3, -0.25) is 9.59 Å². The molecule has 0 fully saturated rings. The Morgan fingerprint density at radius 2 is 0.522 bits per heavy atom. The van der Waals surface area contributed by atoms with Crippen LogP contribution in [0.25, 0.3) is 0 Å². The van der Waals surface area contributed by atoms with E-state index in [1.165, 1.54) is 201 Å². The number of unbranched alkanes of at least 4 members (excludes halogenated alkanes) is 30. The first-order valence-electron chi connectivity index (χ1n) is 20.3. The number of rotatable bonds is 39. The van der Waals surface area contributed by atoms with E-state index >= 15 is 0 Å². The van der Waals surface area contributed by atoms with Crippen LogP contribution in [0.4, 0.5) is 0 Å². The van der Waals surface area contributed by atoms with Crippen molar-refractivity contribution in [3.63, 3.8) is 0 Å². The molecule has 0 amide bonds. The van der Waals surface area contributed by atoms with Crippen LogP contribution in [-0.4, -0.2) is 36.7 Å². The second-order valence-electron chi connectivity index (χ2n) is 13.6. The summed E-state index contributed by atoms with van der Waals surface area (Å²) in [5.74, 6) is 0.214. The van der Waals surface area contributed by atoms with E-state index in [-0.39, 0.29) is 23.4 Å². The predicted octanol–water partition coefficient (Wildman–Crippen LogP) is 14.0. The maximum absolute atomic E-state index is 11.9. The second-order valence-corrected chi connectivity index (χ2v) is 16.0. The van der Waals surface area contributed by atoms with Crippen molar-refractivity contribution in [1.29, 1.82) is 0 Å². The van der Waals surface area contributed by atoms with Crippen molar-refractivity contribution in [3.8, 4) is 0 Å². The van der Waals surface area contributed by atoms with Crippen molar-refractivity contribution < 1.29 is 19.1 Å². The van der Waals surface area contributed by atoms with E-state index in [9.17, 15) is 9.59 Å². The number of carbonyl (C=O) groups is 2. The van der Waals surface area contributed by atoms with Crippen LogP contribution in [0.2, 0.25) is 0 Å².